The third-order valence-electron chi connectivity index (χ3n) is 11.4. The molecule has 2 N–H and O–H groups in total. The molecular formula is C30H46O4. The van der Waals surface area contributed by atoms with Crippen LogP contribution in [0.1, 0.15) is 99.8 Å². The number of rotatable bonds is 5. The van der Waals surface area contributed by atoms with Gasteiger partial charge in [0.25, 0.3) is 0 Å². The summed E-state index contributed by atoms with van der Waals surface area (Å²) in [5.74, 6) is 1.22. The van der Waals surface area contributed by atoms with Crippen molar-refractivity contribution in [1.29, 1.82) is 0 Å². The molecule has 190 valence electrons. The molecule has 4 nitrogen and oxygen atoms in total. The van der Waals surface area contributed by atoms with Crippen LogP contribution in [0.4, 0.5) is 0 Å². The number of fused-ring (bicyclic) bond motifs is 4. The Morgan fingerprint density at radius 3 is 2.38 bits per heavy atom. The van der Waals surface area contributed by atoms with Crippen LogP contribution in [0, 0.1) is 39.4 Å². The Hall–Kier alpha value is -1.26. The zero-order chi connectivity index (χ0) is 25.3. The number of allylic oxidation sites excluding steroid dienone is 3. The second-order valence-corrected chi connectivity index (χ2v) is 13.5. The average molecular weight is 471 g/mol. The highest BCUT2D eigenvalue weighted by atomic mass is 16.3. The molecule has 0 aromatic heterocycles. The molecule has 4 rings (SSSR count). The number of carbonyl (C=O) groups excluding carboxylic acids is 2. The number of aliphatic hydroxyl groups is 2. The summed E-state index contributed by atoms with van der Waals surface area (Å²) in [7, 11) is 0. The Morgan fingerprint density at radius 1 is 1.06 bits per heavy atom. The van der Waals surface area contributed by atoms with Crippen LogP contribution < -0.4 is 0 Å². The number of hydrogen-bond donors (Lipinski definition) is 2. The minimum atomic E-state index is -0.430. The van der Waals surface area contributed by atoms with Crippen molar-refractivity contribution in [2.24, 2.45) is 39.4 Å². The summed E-state index contributed by atoms with van der Waals surface area (Å²) < 4.78 is 0. The van der Waals surface area contributed by atoms with Crippen molar-refractivity contribution in [2.45, 2.75) is 106 Å². The van der Waals surface area contributed by atoms with Crippen molar-refractivity contribution in [3.05, 3.63) is 22.8 Å². The van der Waals surface area contributed by atoms with Crippen LogP contribution >= 0.6 is 0 Å². The van der Waals surface area contributed by atoms with E-state index in [2.05, 4.69) is 47.6 Å². The van der Waals surface area contributed by atoms with Gasteiger partial charge in [-0.25, -0.2) is 0 Å². The number of ketones is 2. The minimum Gasteiger partial charge on any atom is -0.393 e. The fraction of sp³-hybridized carbons (Fsp3) is 0.800. The first-order valence-electron chi connectivity index (χ1n) is 13.5. The fourth-order valence-electron chi connectivity index (χ4n) is 8.96. The van der Waals surface area contributed by atoms with Crippen molar-refractivity contribution in [3.63, 3.8) is 0 Å². The fourth-order valence-corrected chi connectivity index (χ4v) is 8.96. The number of aliphatic hydroxyl groups excluding tert-OH is 2. The average Bonchev–Trinajstić information content (AvgIpc) is 3.03. The highest BCUT2D eigenvalue weighted by Crippen LogP contribution is 2.71. The zero-order valence-corrected chi connectivity index (χ0v) is 22.5. The third kappa shape index (κ3) is 3.45. The molecule has 0 saturated heterocycles. The highest BCUT2D eigenvalue weighted by molar-refractivity contribution is 6.11. The molecule has 2 saturated carbocycles. The lowest BCUT2D eigenvalue weighted by Gasteiger charge is -2.60. The predicted octanol–water partition coefficient (Wildman–Crippen LogP) is 5.81. The van der Waals surface area contributed by atoms with Crippen molar-refractivity contribution < 1.29 is 19.8 Å². The SMILES string of the molecule is CC(=CCC[C@@H](C)[C@H]1CC[C@@]2(C)C3=C(C(=O)C[C@]12C)[C@@]1(C)CC[C@H](O)C(C)(C)[C@@H]1CC3=O)CO. The number of hydrogen-bond acceptors (Lipinski definition) is 4. The van der Waals surface area contributed by atoms with Crippen molar-refractivity contribution in [2.75, 3.05) is 6.61 Å². The molecular weight excluding hydrogens is 424 g/mol. The molecule has 0 bridgehead atoms. The van der Waals surface area contributed by atoms with Crippen LogP contribution in [0.15, 0.2) is 22.8 Å². The van der Waals surface area contributed by atoms with Crippen molar-refractivity contribution >= 4 is 11.6 Å². The first kappa shape index (κ1) is 25.8. The van der Waals surface area contributed by atoms with Gasteiger partial charge in [0, 0.05) is 34.8 Å². The second-order valence-electron chi connectivity index (χ2n) is 13.5. The van der Waals surface area contributed by atoms with Gasteiger partial charge in [0.15, 0.2) is 11.6 Å². The van der Waals surface area contributed by atoms with Gasteiger partial charge in [-0.15, -0.1) is 0 Å². The molecule has 0 radical (unpaired) electrons. The summed E-state index contributed by atoms with van der Waals surface area (Å²) in [5.41, 5.74) is 1.53. The van der Waals surface area contributed by atoms with Crippen molar-refractivity contribution in [3.8, 4) is 0 Å². The number of Topliss-reactive ketones (excluding diaryl/α,β-unsaturated/α-hetero) is 2. The Kier molecular flexibility index (Phi) is 6.38. The van der Waals surface area contributed by atoms with Gasteiger partial charge in [0.2, 0.25) is 0 Å². The summed E-state index contributed by atoms with van der Waals surface area (Å²) in [4.78, 5) is 27.9. The zero-order valence-electron chi connectivity index (χ0n) is 22.5. The molecule has 4 aliphatic carbocycles. The largest absolute Gasteiger partial charge is 0.393 e. The van der Waals surface area contributed by atoms with E-state index >= 15 is 0 Å². The molecule has 0 spiro atoms. The molecule has 0 unspecified atom stereocenters. The van der Waals surface area contributed by atoms with Gasteiger partial charge >= 0.3 is 0 Å². The number of carbonyl (C=O) groups is 2. The van der Waals surface area contributed by atoms with Gasteiger partial charge in [0.05, 0.1) is 12.7 Å². The van der Waals surface area contributed by atoms with Gasteiger partial charge in [-0.05, 0) is 74.0 Å². The normalized spacial score (nSPS) is 42.9. The van der Waals surface area contributed by atoms with E-state index < -0.39 is 6.10 Å². The van der Waals surface area contributed by atoms with E-state index in [9.17, 15) is 19.8 Å². The van der Waals surface area contributed by atoms with Crippen LogP contribution in [0.3, 0.4) is 0 Å². The van der Waals surface area contributed by atoms with Crippen LogP contribution in [-0.4, -0.2) is 34.5 Å². The van der Waals surface area contributed by atoms with Gasteiger partial charge in [-0.1, -0.05) is 53.2 Å². The van der Waals surface area contributed by atoms with Gasteiger partial charge in [0.1, 0.15) is 0 Å². The standard InChI is InChI=1S/C30H46O4/c1-18(17-31)9-8-10-19(2)20-11-14-29(6)26-21(32)15-23-27(3,4)24(34)12-13-28(23,5)25(26)22(33)16-30(20,29)7/h9,19-20,23-24,31,34H,8,10-17H2,1-7H3/t19-,20-,23+,24+,28+,29+,30-/m1/s1. The first-order chi connectivity index (χ1) is 15.7. The molecule has 0 heterocycles. The molecule has 34 heavy (non-hydrogen) atoms. The Morgan fingerprint density at radius 2 is 1.74 bits per heavy atom. The van der Waals surface area contributed by atoms with E-state index in [1.165, 1.54) is 0 Å². The molecule has 4 heteroatoms. The summed E-state index contributed by atoms with van der Waals surface area (Å²) in [6, 6.07) is 0. The lowest BCUT2D eigenvalue weighted by Crippen LogP contribution is -2.59. The summed E-state index contributed by atoms with van der Waals surface area (Å²) in [5, 5.41) is 20.1. The molecule has 4 aliphatic rings. The Bertz CT molecular complexity index is 941. The molecule has 0 aliphatic heterocycles. The maximum atomic E-state index is 14.0. The summed E-state index contributed by atoms with van der Waals surface area (Å²) in [6.45, 7) is 15.3. The van der Waals surface area contributed by atoms with Crippen LogP contribution in [0.25, 0.3) is 0 Å². The van der Waals surface area contributed by atoms with E-state index in [1.54, 1.807) is 0 Å². The first-order valence-corrected chi connectivity index (χ1v) is 13.5. The lowest BCUT2D eigenvalue weighted by atomic mass is 9.43. The predicted molar refractivity (Wildman–Crippen MR) is 135 cm³/mol. The lowest BCUT2D eigenvalue weighted by molar-refractivity contribution is -0.141. The van der Waals surface area contributed by atoms with Gasteiger partial charge < -0.3 is 10.2 Å². The van der Waals surface area contributed by atoms with E-state index in [4.69, 9.17) is 0 Å². The van der Waals surface area contributed by atoms with Crippen LogP contribution in [0.5, 0.6) is 0 Å². The molecule has 0 aromatic carbocycles. The monoisotopic (exact) mass is 470 g/mol. The van der Waals surface area contributed by atoms with Crippen molar-refractivity contribution in [1.82, 2.24) is 0 Å². The van der Waals surface area contributed by atoms with Crippen LogP contribution in [0.2, 0.25) is 0 Å². The van der Waals surface area contributed by atoms with Crippen LogP contribution in [-0.2, 0) is 9.59 Å². The highest BCUT2D eigenvalue weighted by Gasteiger charge is 2.67. The maximum absolute atomic E-state index is 14.0. The van der Waals surface area contributed by atoms with Gasteiger partial charge in [-0.2, -0.15) is 0 Å². The van der Waals surface area contributed by atoms with E-state index in [1.807, 2.05) is 6.92 Å². The summed E-state index contributed by atoms with van der Waals surface area (Å²) in [6.07, 6.45) is 8.14. The molecule has 0 amide bonds. The Balaban J connectivity index is 1.73. The summed E-state index contributed by atoms with van der Waals surface area (Å²) >= 11 is 0. The third-order valence-corrected chi connectivity index (χ3v) is 11.4. The Labute approximate surface area is 206 Å². The maximum Gasteiger partial charge on any atom is 0.160 e. The smallest absolute Gasteiger partial charge is 0.160 e. The molecule has 0 aromatic rings. The van der Waals surface area contributed by atoms with E-state index in [-0.39, 0.29) is 45.8 Å². The second kappa shape index (κ2) is 8.40. The van der Waals surface area contributed by atoms with Gasteiger partial charge in [-0.3, -0.25) is 9.59 Å². The molecule has 2 fully saturated rings. The topological polar surface area (TPSA) is 74.6 Å². The van der Waals surface area contributed by atoms with E-state index in [0.29, 0.717) is 31.1 Å². The quantitative estimate of drug-likeness (QED) is 0.497. The molecule has 7 atom stereocenters. The van der Waals surface area contributed by atoms with E-state index in [0.717, 1.165) is 48.8 Å². The minimum absolute atomic E-state index is 0.00424.